The Morgan fingerprint density at radius 2 is 1.74 bits per heavy atom. The maximum Gasteiger partial charge on any atom is 0.0643 e. The minimum Gasteiger partial charge on any atom is -0.284 e. The summed E-state index contributed by atoms with van der Waals surface area (Å²) < 4.78 is 0. The van der Waals surface area contributed by atoms with E-state index in [0.717, 1.165) is 6.54 Å². The number of nitrogens with zero attached hydrogens (tertiary/aromatic N) is 1. The lowest BCUT2D eigenvalue weighted by molar-refractivity contribution is 0.659. The predicted molar refractivity (Wildman–Crippen MR) is 80.6 cm³/mol. The Kier molecular flexibility index (Phi) is 3.45. The average molecular weight is 249 g/mol. The summed E-state index contributed by atoms with van der Waals surface area (Å²) >= 11 is 0. The molecule has 19 heavy (non-hydrogen) atoms. The first-order chi connectivity index (χ1) is 9.34. The van der Waals surface area contributed by atoms with Crippen LogP contribution in [0.25, 0.3) is 0 Å². The number of rotatable bonds is 2. The fourth-order valence-electron chi connectivity index (χ4n) is 2.76. The summed E-state index contributed by atoms with van der Waals surface area (Å²) in [6.07, 6.45) is 2.40. The van der Waals surface area contributed by atoms with Crippen LogP contribution in [0.5, 0.6) is 0 Å². The second-order valence-corrected chi connectivity index (χ2v) is 5.28. The van der Waals surface area contributed by atoms with Crippen LogP contribution in [-0.2, 0) is 13.0 Å². The molecule has 96 valence electrons. The molecule has 1 atom stereocenters. The minimum atomic E-state index is 0.568. The van der Waals surface area contributed by atoms with Gasteiger partial charge in [-0.3, -0.25) is 4.99 Å². The van der Waals surface area contributed by atoms with E-state index in [1.165, 1.54) is 35.2 Å². The second-order valence-electron chi connectivity index (χ2n) is 5.28. The topological polar surface area (TPSA) is 12.4 Å². The molecule has 0 heterocycles. The average Bonchev–Trinajstić information content (AvgIpc) is 2.47. The van der Waals surface area contributed by atoms with Crippen molar-refractivity contribution in [1.82, 2.24) is 0 Å². The first kappa shape index (κ1) is 12.2. The van der Waals surface area contributed by atoms with E-state index in [2.05, 4.69) is 61.5 Å². The van der Waals surface area contributed by atoms with Gasteiger partial charge in [0.25, 0.3) is 0 Å². The molecular weight excluding hydrogens is 230 g/mol. The Morgan fingerprint density at radius 1 is 1.00 bits per heavy atom. The maximum atomic E-state index is 4.89. The third-order valence-electron chi connectivity index (χ3n) is 3.88. The van der Waals surface area contributed by atoms with Gasteiger partial charge in [-0.2, -0.15) is 0 Å². The van der Waals surface area contributed by atoms with E-state index < -0.39 is 0 Å². The molecule has 0 amide bonds. The molecule has 1 aliphatic rings. The van der Waals surface area contributed by atoms with Crippen LogP contribution in [0.15, 0.2) is 59.6 Å². The molecule has 0 spiro atoms. The molecule has 2 aromatic rings. The Labute approximate surface area is 115 Å². The molecule has 0 N–H and O–H groups in total. The van der Waals surface area contributed by atoms with E-state index in [1.807, 2.05) is 0 Å². The lowest BCUT2D eigenvalue weighted by Crippen LogP contribution is -2.21. The standard InChI is InChI=1S/C18H19N/c1-14-11-12-16-9-5-6-10-17(16)18(14)19-13-15-7-3-2-4-8-15/h2-10,14H,11-13H2,1H3/b19-18+. The van der Waals surface area contributed by atoms with Gasteiger partial charge in [0.15, 0.2) is 0 Å². The molecule has 3 rings (SSSR count). The van der Waals surface area contributed by atoms with E-state index in [1.54, 1.807) is 0 Å². The highest BCUT2D eigenvalue weighted by Gasteiger charge is 2.21. The van der Waals surface area contributed by atoms with Gasteiger partial charge in [0, 0.05) is 5.71 Å². The van der Waals surface area contributed by atoms with E-state index in [-0.39, 0.29) is 0 Å². The summed E-state index contributed by atoms with van der Waals surface area (Å²) in [7, 11) is 0. The van der Waals surface area contributed by atoms with Gasteiger partial charge in [0.05, 0.1) is 6.54 Å². The van der Waals surface area contributed by atoms with Crippen LogP contribution in [0, 0.1) is 5.92 Å². The van der Waals surface area contributed by atoms with Crippen molar-refractivity contribution in [2.75, 3.05) is 0 Å². The molecule has 1 unspecified atom stereocenters. The van der Waals surface area contributed by atoms with Crippen molar-refractivity contribution in [3.05, 3.63) is 71.3 Å². The Bertz CT molecular complexity index is 584. The number of aliphatic imine (C=N–C) groups is 1. The van der Waals surface area contributed by atoms with Crippen LogP contribution in [0.1, 0.15) is 30.0 Å². The van der Waals surface area contributed by atoms with Crippen molar-refractivity contribution in [1.29, 1.82) is 0 Å². The first-order valence-corrected chi connectivity index (χ1v) is 7.01. The molecular formula is C18H19N. The molecule has 1 nitrogen and oxygen atoms in total. The third-order valence-corrected chi connectivity index (χ3v) is 3.88. The number of aryl methyl sites for hydroxylation is 1. The van der Waals surface area contributed by atoms with Crippen molar-refractivity contribution in [2.24, 2.45) is 10.9 Å². The molecule has 0 radical (unpaired) electrons. The number of benzene rings is 2. The number of hydrogen-bond donors (Lipinski definition) is 0. The summed E-state index contributed by atoms with van der Waals surface area (Å²) in [5, 5.41) is 0. The molecule has 2 aromatic carbocycles. The SMILES string of the molecule is CC1CCc2ccccc2/C1=N/Cc1ccccc1. The van der Waals surface area contributed by atoms with Crippen molar-refractivity contribution in [3.63, 3.8) is 0 Å². The highest BCUT2D eigenvalue weighted by molar-refractivity contribution is 6.04. The lowest BCUT2D eigenvalue weighted by atomic mass is 9.83. The first-order valence-electron chi connectivity index (χ1n) is 7.01. The van der Waals surface area contributed by atoms with Crippen LogP contribution in [0.2, 0.25) is 0 Å². The van der Waals surface area contributed by atoms with Gasteiger partial charge in [-0.05, 0) is 35.4 Å². The van der Waals surface area contributed by atoms with Gasteiger partial charge in [0.1, 0.15) is 0 Å². The number of fused-ring (bicyclic) bond motifs is 1. The van der Waals surface area contributed by atoms with E-state index in [9.17, 15) is 0 Å². The molecule has 0 bridgehead atoms. The summed E-state index contributed by atoms with van der Waals surface area (Å²) in [6.45, 7) is 3.08. The Hall–Kier alpha value is -1.89. The van der Waals surface area contributed by atoms with Crippen LogP contribution < -0.4 is 0 Å². The highest BCUT2D eigenvalue weighted by Crippen LogP contribution is 2.26. The van der Waals surface area contributed by atoms with Crippen LogP contribution in [0.4, 0.5) is 0 Å². The van der Waals surface area contributed by atoms with Crippen LogP contribution in [0.3, 0.4) is 0 Å². The summed E-state index contributed by atoms with van der Waals surface area (Å²) in [4.78, 5) is 4.89. The van der Waals surface area contributed by atoms with E-state index in [0.29, 0.717) is 5.92 Å². The molecule has 0 saturated heterocycles. The minimum absolute atomic E-state index is 0.568. The van der Waals surface area contributed by atoms with Crippen molar-refractivity contribution >= 4 is 5.71 Å². The zero-order chi connectivity index (χ0) is 13.1. The molecule has 0 saturated carbocycles. The fraction of sp³-hybridized carbons (Fsp3) is 0.278. The summed E-state index contributed by atoms with van der Waals surface area (Å²) in [6, 6.07) is 19.2. The second kappa shape index (κ2) is 5.40. The summed E-state index contributed by atoms with van der Waals surface area (Å²) in [5.74, 6) is 0.568. The van der Waals surface area contributed by atoms with Gasteiger partial charge < -0.3 is 0 Å². The molecule has 1 heteroatoms. The van der Waals surface area contributed by atoms with Gasteiger partial charge in [-0.15, -0.1) is 0 Å². The fourth-order valence-corrected chi connectivity index (χ4v) is 2.76. The van der Waals surface area contributed by atoms with Gasteiger partial charge in [0.2, 0.25) is 0 Å². The monoisotopic (exact) mass is 249 g/mol. The van der Waals surface area contributed by atoms with Crippen LogP contribution in [-0.4, -0.2) is 5.71 Å². The molecule has 0 fully saturated rings. The molecule has 1 aliphatic carbocycles. The maximum absolute atomic E-state index is 4.89. The Morgan fingerprint density at radius 3 is 2.58 bits per heavy atom. The lowest BCUT2D eigenvalue weighted by Gasteiger charge is -2.24. The zero-order valence-electron chi connectivity index (χ0n) is 11.3. The Balaban J connectivity index is 1.91. The smallest absolute Gasteiger partial charge is 0.0643 e. The normalized spacial score (nSPS) is 20.3. The zero-order valence-corrected chi connectivity index (χ0v) is 11.3. The van der Waals surface area contributed by atoms with E-state index in [4.69, 9.17) is 4.99 Å². The van der Waals surface area contributed by atoms with Crippen molar-refractivity contribution < 1.29 is 0 Å². The molecule has 0 aromatic heterocycles. The van der Waals surface area contributed by atoms with Gasteiger partial charge in [-0.25, -0.2) is 0 Å². The third kappa shape index (κ3) is 2.60. The quantitative estimate of drug-likeness (QED) is 0.754. The van der Waals surface area contributed by atoms with Gasteiger partial charge >= 0.3 is 0 Å². The van der Waals surface area contributed by atoms with Gasteiger partial charge in [-0.1, -0.05) is 61.5 Å². The van der Waals surface area contributed by atoms with E-state index >= 15 is 0 Å². The van der Waals surface area contributed by atoms with Crippen LogP contribution >= 0.6 is 0 Å². The van der Waals surface area contributed by atoms with Crippen molar-refractivity contribution in [2.45, 2.75) is 26.3 Å². The van der Waals surface area contributed by atoms with Crippen molar-refractivity contribution in [3.8, 4) is 0 Å². The number of hydrogen-bond acceptors (Lipinski definition) is 1. The molecule has 0 aliphatic heterocycles. The predicted octanol–water partition coefficient (Wildman–Crippen LogP) is 4.26. The largest absolute Gasteiger partial charge is 0.284 e. The summed E-state index contributed by atoms with van der Waals surface area (Å²) in [5.41, 5.74) is 5.38. The highest BCUT2D eigenvalue weighted by atomic mass is 14.7.